The van der Waals surface area contributed by atoms with E-state index in [1.54, 1.807) is 0 Å². The molecule has 0 aliphatic heterocycles. The van der Waals surface area contributed by atoms with Crippen LogP contribution in [0, 0.1) is 0 Å². The first-order valence-corrected chi connectivity index (χ1v) is 5.31. The van der Waals surface area contributed by atoms with Gasteiger partial charge in [0.1, 0.15) is 9.21 Å². The number of hydrogen-bond acceptors (Lipinski definition) is 1. The molecule has 0 aliphatic rings. The van der Waals surface area contributed by atoms with Gasteiger partial charge in [-0.25, -0.2) is 4.98 Å². The van der Waals surface area contributed by atoms with Gasteiger partial charge in [-0.1, -0.05) is 0 Å². The maximum Gasteiger partial charge on any atom is 0.109 e. The largest absolute Gasteiger partial charge is 0.324 e. The van der Waals surface area contributed by atoms with E-state index in [0.29, 0.717) is 0 Å². The molecule has 0 unspecified atom stereocenters. The summed E-state index contributed by atoms with van der Waals surface area (Å²) in [6.45, 7) is 0. The summed E-state index contributed by atoms with van der Waals surface area (Å²) in [4.78, 5) is 4.16. The van der Waals surface area contributed by atoms with Gasteiger partial charge in [-0.05, 0) is 56.1 Å². The summed E-state index contributed by atoms with van der Waals surface area (Å²) in [7, 11) is 0. The SMILES string of the molecule is Brc1cc(-n2cccc2)cc(Br)n1. The van der Waals surface area contributed by atoms with Crippen LogP contribution < -0.4 is 0 Å². The predicted octanol–water partition coefficient (Wildman–Crippen LogP) is 3.40. The molecule has 2 heterocycles. The molecule has 0 saturated heterocycles. The monoisotopic (exact) mass is 300 g/mol. The number of hydrogen-bond donors (Lipinski definition) is 0. The molecule has 2 rings (SSSR count). The third-order valence-corrected chi connectivity index (χ3v) is 2.46. The maximum atomic E-state index is 4.16. The van der Waals surface area contributed by atoms with Crippen LogP contribution in [0.25, 0.3) is 5.69 Å². The van der Waals surface area contributed by atoms with Gasteiger partial charge in [0.2, 0.25) is 0 Å². The summed E-state index contributed by atoms with van der Waals surface area (Å²) in [6.07, 6.45) is 3.99. The lowest BCUT2D eigenvalue weighted by molar-refractivity contribution is 1.05. The lowest BCUT2D eigenvalue weighted by Gasteiger charge is -2.03. The van der Waals surface area contributed by atoms with E-state index in [9.17, 15) is 0 Å². The number of rotatable bonds is 1. The lowest BCUT2D eigenvalue weighted by Crippen LogP contribution is -1.91. The van der Waals surface area contributed by atoms with Crippen LogP contribution in [-0.4, -0.2) is 9.55 Å². The van der Waals surface area contributed by atoms with E-state index in [-0.39, 0.29) is 0 Å². The topological polar surface area (TPSA) is 17.8 Å². The maximum absolute atomic E-state index is 4.16. The van der Waals surface area contributed by atoms with Crippen molar-refractivity contribution in [2.45, 2.75) is 0 Å². The van der Waals surface area contributed by atoms with Crippen LogP contribution in [-0.2, 0) is 0 Å². The van der Waals surface area contributed by atoms with E-state index in [0.717, 1.165) is 14.9 Å². The molecule has 66 valence electrons. The fourth-order valence-electron chi connectivity index (χ4n) is 1.11. The molecule has 0 radical (unpaired) electrons. The van der Waals surface area contributed by atoms with Gasteiger partial charge in [0.25, 0.3) is 0 Å². The Morgan fingerprint density at radius 2 is 1.54 bits per heavy atom. The van der Waals surface area contributed by atoms with Crippen molar-refractivity contribution >= 4 is 31.9 Å². The Labute approximate surface area is 92.9 Å². The van der Waals surface area contributed by atoms with Gasteiger partial charge < -0.3 is 4.57 Å². The van der Waals surface area contributed by atoms with E-state index in [4.69, 9.17) is 0 Å². The third-order valence-electron chi connectivity index (χ3n) is 1.65. The first kappa shape index (κ1) is 8.97. The molecule has 0 aromatic carbocycles. The minimum atomic E-state index is 0.825. The van der Waals surface area contributed by atoms with Crippen molar-refractivity contribution in [3.05, 3.63) is 45.9 Å². The number of halogens is 2. The molecule has 0 atom stereocenters. The van der Waals surface area contributed by atoms with Gasteiger partial charge in [-0.3, -0.25) is 0 Å². The fourth-order valence-corrected chi connectivity index (χ4v) is 2.20. The molecule has 0 fully saturated rings. The zero-order chi connectivity index (χ0) is 9.26. The predicted molar refractivity (Wildman–Crippen MR) is 59.0 cm³/mol. The van der Waals surface area contributed by atoms with Crippen LogP contribution in [0.2, 0.25) is 0 Å². The second-order valence-corrected chi connectivity index (χ2v) is 4.19. The normalized spacial score (nSPS) is 10.3. The third kappa shape index (κ3) is 2.00. The zero-order valence-corrected chi connectivity index (χ0v) is 9.79. The Morgan fingerprint density at radius 1 is 1.00 bits per heavy atom. The Balaban J connectivity index is 2.53. The van der Waals surface area contributed by atoms with Gasteiger partial charge in [0, 0.05) is 12.4 Å². The molecule has 0 spiro atoms. The number of nitrogens with zero attached hydrogens (tertiary/aromatic N) is 2. The first-order valence-electron chi connectivity index (χ1n) is 3.72. The average molecular weight is 302 g/mol. The molecule has 13 heavy (non-hydrogen) atoms. The molecule has 0 amide bonds. The number of aromatic nitrogens is 2. The molecule has 0 bridgehead atoms. The van der Waals surface area contributed by atoms with Crippen molar-refractivity contribution in [2.75, 3.05) is 0 Å². The van der Waals surface area contributed by atoms with Gasteiger partial charge in [-0.15, -0.1) is 0 Å². The van der Waals surface area contributed by atoms with Crippen molar-refractivity contribution < 1.29 is 0 Å². The van der Waals surface area contributed by atoms with Gasteiger partial charge in [0.05, 0.1) is 5.69 Å². The molecule has 0 aliphatic carbocycles. The quantitative estimate of drug-likeness (QED) is 0.738. The average Bonchev–Trinajstić information content (AvgIpc) is 2.53. The minimum absolute atomic E-state index is 0.825. The van der Waals surface area contributed by atoms with Crippen LogP contribution >= 0.6 is 31.9 Å². The molecular weight excluding hydrogens is 296 g/mol. The highest BCUT2D eigenvalue weighted by atomic mass is 79.9. The molecule has 2 aromatic heterocycles. The van der Waals surface area contributed by atoms with Crippen molar-refractivity contribution in [1.29, 1.82) is 0 Å². The van der Waals surface area contributed by atoms with E-state index in [1.807, 2.05) is 41.2 Å². The Bertz CT molecular complexity index is 389. The summed E-state index contributed by atoms with van der Waals surface area (Å²) >= 11 is 6.69. The highest BCUT2D eigenvalue weighted by Gasteiger charge is 1.99. The summed E-state index contributed by atoms with van der Waals surface area (Å²) in [5, 5.41) is 0. The molecule has 0 N–H and O–H groups in total. The standard InChI is InChI=1S/C9H6Br2N2/c10-8-5-7(6-9(11)12-8)13-3-1-2-4-13/h1-6H. The second-order valence-electron chi connectivity index (χ2n) is 2.56. The second kappa shape index (κ2) is 3.64. The summed E-state index contributed by atoms with van der Waals surface area (Å²) in [5.74, 6) is 0. The highest BCUT2D eigenvalue weighted by molar-refractivity contribution is 9.11. The Kier molecular flexibility index (Phi) is 2.51. The van der Waals surface area contributed by atoms with Crippen LogP contribution in [0.4, 0.5) is 0 Å². The Morgan fingerprint density at radius 3 is 2.08 bits per heavy atom. The van der Waals surface area contributed by atoms with Crippen LogP contribution in [0.5, 0.6) is 0 Å². The summed E-state index contributed by atoms with van der Waals surface area (Å²) < 4.78 is 3.67. The van der Waals surface area contributed by atoms with Crippen molar-refractivity contribution in [3.63, 3.8) is 0 Å². The van der Waals surface area contributed by atoms with Crippen LogP contribution in [0.15, 0.2) is 45.9 Å². The van der Waals surface area contributed by atoms with Gasteiger partial charge in [0.15, 0.2) is 0 Å². The molecule has 4 heteroatoms. The first-order chi connectivity index (χ1) is 6.25. The smallest absolute Gasteiger partial charge is 0.109 e. The molecular formula is C9H6Br2N2. The molecule has 2 nitrogen and oxygen atoms in total. The lowest BCUT2D eigenvalue weighted by atomic mass is 10.4. The minimum Gasteiger partial charge on any atom is -0.324 e. The van der Waals surface area contributed by atoms with Crippen LogP contribution in [0.3, 0.4) is 0 Å². The zero-order valence-electron chi connectivity index (χ0n) is 6.61. The van der Waals surface area contributed by atoms with Gasteiger partial charge >= 0.3 is 0 Å². The highest BCUT2D eigenvalue weighted by Crippen LogP contribution is 2.18. The van der Waals surface area contributed by atoms with E-state index in [2.05, 4.69) is 36.8 Å². The molecule has 0 saturated carbocycles. The van der Waals surface area contributed by atoms with E-state index in [1.165, 1.54) is 0 Å². The van der Waals surface area contributed by atoms with Crippen molar-refractivity contribution in [1.82, 2.24) is 9.55 Å². The van der Waals surface area contributed by atoms with Crippen molar-refractivity contribution in [2.24, 2.45) is 0 Å². The van der Waals surface area contributed by atoms with Gasteiger partial charge in [-0.2, -0.15) is 0 Å². The van der Waals surface area contributed by atoms with Crippen LogP contribution in [0.1, 0.15) is 0 Å². The molecule has 2 aromatic rings. The summed E-state index contributed by atoms with van der Waals surface area (Å²) in [6, 6.07) is 7.90. The van der Waals surface area contributed by atoms with E-state index >= 15 is 0 Å². The fraction of sp³-hybridized carbons (Fsp3) is 0. The van der Waals surface area contributed by atoms with Crippen molar-refractivity contribution in [3.8, 4) is 5.69 Å². The Hall–Kier alpha value is -0.610. The van der Waals surface area contributed by atoms with E-state index < -0.39 is 0 Å². The number of pyridine rings is 1. The summed E-state index contributed by atoms with van der Waals surface area (Å²) in [5.41, 5.74) is 1.08.